The van der Waals surface area contributed by atoms with E-state index in [-0.39, 0.29) is 0 Å². The average Bonchev–Trinajstić information content (AvgIpc) is 3.08. The molecule has 2 unspecified atom stereocenters. The van der Waals surface area contributed by atoms with E-state index in [1.165, 1.54) is 30.4 Å². The summed E-state index contributed by atoms with van der Waals surface area (Å²) in [6.07, 6.45) is 4.93. The summed E-state index contributed by atoms with van der Waals surface area (Å²) in [4.78, 5) is 0. The Bertz CT molecular complexity index is 439. The third-order valence-electron chi connectivity index (χ3n) is 4.97. The Morgan fingerprint density at radius 3 is 2.95 bits per heavy atom. The number of fused-ring (bicyclic) bond motifs is 1. The Morgan fingerprint density at radius 2 is 2.16 bits per heavy atom. The molecule has 0 aliphatic carbocycles. The van der Waals surface area contributed by atoms with Crippen molar-refractivity contribution in [3.05, 3.63) is 29.3 Å². The van der Waals surface area contributed by atoms with Crippen molar-refractivity contribution >= 4 is 0 Å². The largest absolute Gasteiger partial charge is 0.493 e. The standard InChI is InChI=1S/C17H25NO/c1-3-12(4-2)16-9-15(11-18-16)14-6-5-13-7-8-19-17(13)10-14/h5-6,10,12,15-16,18H,3-4,7-9,11H2,1-2H3. The molecular formula is C17H25NO. The average molecular weight is 259 g/mol. The summed E-state index contributed by atoms with van der Waals surface area (Å²) in [5.74, 6) is 2.62. The molecule has 0 bridgehead atoms. The summed E-state index contributed by atoms with van der Waals surface area (Å²) in [7, 11) is 0. The maximum absolute atomic E-state index is 5.69. The van der Waals surface area contributed by atoms with Crippen molar-refractivity contribution in [2.75, 3.05) is 13.2 Å². The summed E-state index contributed by atoms with van der Waals surface area (Å²) in [5, 5.41) is 3.73. The molecule has 2 nitrogen and oxygen atoms in total. The van der Waals surface area contributed by atoms with E-state index in [4.69, 9.17) is 4.74 Å². The molecule has 2 aliphatic heterocycles. The summed E-state index contributed by atoms with van der Waals surface area (Å²) in [6, 6.07) is 7.57. The minimum atomic E-state index is 0.667. The van der Waals surface area contributed by atoms with Gasteiger partial charge in [0.25, 0.3) is 0 Å². The van der Waals surface area contributed by atoms with E-state index in [0.29, 0.717) is 12.0 Å². The molecule has 0 aromatic heterocycles. The fraction of sp³-hybridized carbons (Fsp3) is 0.647. The predicted octanol–water partition coefficient (Wildman–Crippen LogP) is 3.50. The fourth-order valence-electron chi connectivity index (χ4n) is 3.67. The SMILES string of the molecule is CCC(CC)C1CC(c2ccc3c(c2)OCC3)CN1. The minimum absolute atomic E-state index is 0.667. The van der Waals surface area contributed by atoms with Gasteiger partial charge in [-0.25, -0.2) is 0 Å². The van der Waals surface area contributed by atoms with E-state index in [1.54, 1.807) is 0 Å². The number of nitrogens with one attached hydrogen (secondary N) is 1. The Balaban J connectivity index is 1.71. The van der Waals surface area contributed by atoms with Gasteiger partial charge in [-0.05, 0) is 35.4 Å². The quantitative estimate of drug-likeness (QED) is 0.893. The highest BCUT2D eigenvalue weighted by molar-refractivity contribution is 5.41. The normalized spacial score (nSPS) is 25.6. The van der Waals surface area contributed by atoms with Gasteiger partial charge in [0.1, 0.15) is 5.75 Å². The molecule has 1 N–H and O–H groups in total. The number of hydrogen-bond donors (Lipinski definition) is 1. The van der Waals surface area contributed by atoms with Crippen LogP contribution in [0, 0.1) is 5.92 Å². The van der Waals surface area contributed by atoms with Gasteiger partial charge in [0.15, 0.2) is 0 Å². The third-order valence-corrected chi connectivity index (χ3v) is 4.97. The second kappa shape index (κ2) is 5.54. The van der Waals surface area contributed by atoms with Crippen LogP contribution in [0.1, 0.15) is 50.2 Å². The summed E-state index contributed by atoms with van der Waals surface area (Å²) >= 11 is 0. The van der Waals surface area contributed by atoms with Crippen LogP contribution in [-0.4, -0.2) is 19.2 Å². The number of benzene rings is 1. The number of ether oxygens (including phenoxy) is 1. The molecule has 19 heavy (non-hydrogen) atoms. The molecule has 0 saturated carbocycles. The smallest absolute Gasteiger partial charge is 0.122 e. The van der Waals surface area contributed by atoms with Crippen molar-refractivity contribution in [3.8, 4) is 5.75 Å². The lowest BCUT2D eigenvalue weighted by Crippen LogP contribution is -2.29. The van der Waals surface area contributed by atoms with Crippen molar-refractivity contribution in [1.82, 2.24) is 5.32 Å². The van der Waals surface area contributed by atoms with Gasteiger partial charge in [0.05, 0.1) is 6.61 Å². The van der Waals surface area contributed by atoms with Crippen molar-refractivity contribution in [1.29, 1.82) is 0 Å². The van der Waals surface area contributed by atoms with Crippen molar-refractivity contribution in [3.63, 3.8) is 0 Å². The lowest BCUT2D eigenvalue weighted by atomic mass is 9.88. The number of hydrogen-bond acceptors (Lipinski definition) is 2. The van der Waals surface area contributed by atoms with Gasteiger partial charge in [-0.2, -0.15) is 0 Å². The van der Waals surface area contributed by atoms with Crippen LogP contribution in [0.4, 0.5) is 0 Å². The van der Waals surface area contributed by atoms with Gasteiger partial charge in [0, 0.05) is 19.0 Å². The van der Waals surface area contributed by atoms with E-state index in [1.807, 2.05) is 0 Å². The van der Waals surface area contributed by atoms with E-state index >= 15 is 0 Å². The van der Waals surface area contributed by atoms with Crippen LogP contribution in [0.3, 0.4) is 0 Å². The topological polar surface area (TPSA) is 21.3 Å². The van der Waals surface area contributed by atoms with Gasteiger partial charge in [-0.15, -0.1) is 0 Å². The minimum Gasteiger partial charge on any atom is -0.493 e. The van der Waals surface area contributed by atoms with Crippen LogP contribution in [0.2, 0.25) is 0 Å². The zero-order chi connectivity index (χ0) is 13.2. The molecule has 104 valence electrons. The van der Waals surface area contributed by atoms with Crippen LogP contribution >= 0.6 is 0 Å². The molecule has 2 heterocycles. The number of rotatable bonds is 4. The first-order valence-electron chi connectivity index (χ1n) is 7.80. The fourth-order valence-corrected chi connectivity index (χ4v) is 3.67. The van der Waals surface area contributed by atoms with Crippen LogP contribution in [0.5, 0.6) is 5.75 Å². The Labute approximate surface area is 116 Å². The van der Waals surface area contributed by atoms with Gasteiger partial charge >= 0.3 is 0 Å². The lowest BCUT2D eigenvalue weighted by molar-refractivity contribution is 0.356. The van der Waals surface area contributed by atoms with Gasteiger partial charge in [-0.3, -0.25) is 0 Å². The first-order chi connectivity index (χ1) is 9.31. The Hall–Kier alpha value is -1.02. The zero-order valence-electron chi connectivity index (χ0n) is 12.1. The molecule has 1 aromatic rings. The molecule has 1 aromatic carbocycles. The monoisotopic (exact) mass is 259 g/mol. The summed E-state index contributed by atoms with van der Waals surface area (Å²) in [6.45, 7) is 6.61. The highest BCUT2D eigenvalue weighted by Crippen LogP contribution is 2.35. The van der Waals surface area contributed by atoms with E-state index in [0.717, 1.165) is 31.2 Å². The first kappa shape index (κ1) is 13.0. The van der Waals surface area contributed by atoms with Crippen molar-refractivity contribution in [2.24, 2.45) is 5.92 Å². The van der Waals surface area contributed by atoms with Crippen molar-refractivity contribution in [2.45, 2.75) is 51.5 Å². The second-order valence-electron chi connectivity index (χ2n) is 5.99. The molecule has 0 amide bonds. The lowest BCUT2D eigenvalue weighted by Gasteiger charge is -2.20. The molecular weight excluding hydrogens is 234 g/mol. The maximum atomic E-state index is 5.69. The molecule has 2 atom stereocenters. The van der Waals surface area contributed by atoms with E-state index in [9.17, 15) is 0 Å². The predicted molar refractivity (Wildman–Crippen MR) is 78.9 cm³/mol. The summed E-state index contributed by atoms with van der Waals surface area (Å²) < 4.78 is 5.69. The maximum Gasteiger partial charge on any atom is 0.122 e. The van der Waals surface area contributed by atoms with Gasteiger partial charge < -0.3 is 10.1 Å². The zero-order valence-corrected chi connectivity index (χ0v) is 12.1. The van der Waals surface area contributed by atoms with Crippen LogP contribution < -0.4 is 10.1 Å². The molecule has 1 saturated heterocycles. The molecule has 3 rings (SSSR count). The molecule has 1 fully saturated rings. The van der Waals surface area contributed by atoms with Crippen molar-refractivity contribution < 1.29 is 4.74 Å². The summed E-state index contributed by atoms with van der Waals surface area (Å²) in [5.41, 5.74) is 2.84. The first-order valence-corrected chi connectivity index (χ1v) is 7.80. The highest BCUT2D eigenvalue weighted by Gasteiger charge is 2.30. The van der Waals surface area contributed by atoms with Crippen LogP contribution in [-0.2, 0) is 6.42 Å². The van der Waals surface area contributed by atoms with Gasteiger partial charge in [-0.1, -0.05) is 38.8 Å². The van der Waals surface area contributed by atoms with E-state index < -0.39 is 0 Å². The molecule has 2 heteroatoms. The van der Waals surface area contributed by atoms with E-state index in [2.05, 4.69) is 37.4 Å². The van der Waals surface area contributed by atoms with Crippen LogP contribution in [0.15, 0.2) is 18.2 Å². The third kappa shape index (κ3) is 2.51. The highest BCUT2D eigenvalue weighted by atomic mass is 16.5. The molecule has 0 spiro atoms. The Morgan fingerprint density at radius 1 is 1.32 bits per heavy atom. The Kier molecular flexibility index (Phi) is 3.79. The molecule has 2 aliphatic rings. The molecule has 0 radical (unpaired) electrons. The van der Waals surface area contributed by atoms with Crippen LogP contribution in [0.25, 0.3) is 0 Å². The second-order valence-corrected chi connectivity index (χ2v) is 5.99. The van der Waals surface area contributed by atoms with Gasteiger partial charge in [0.2, 0.25) is 0 Å².